The van der Waals surface area contributed by atoms with Gasteiger partial charge in [0.1, 0.15) is 5.01 Å². The molecule has 0 aliphatic carbocycles. The maximum Gasteiger partial charge on any atom is 0.502 e. The number of fused-ring (bicyclic) bond motifs is 1. The first kappa shape index (κ1) is 18.8. The molecule has 27 heavy (non-hydrogen) atoms. The third-order valence-electron chi connectivity index (χ3n) is 3.73. The van der Waals surface area contributed by atoms with Gasteiger partial charge >= 0.3 is 12.1 Å². The minimum Gasteiger partial charge on any atom is -0.493 e. The molecule has 2 aromatic carbocycles. The molecule has 0 saturated heterocycles. The second-order valence-corrected chi connectivity index (χ2v) is 6.65. The van der Waals surface area contributed by atoms with Crippen LogP contribution in [0.25, 0.3) is 20.8 Å². The van der Waals surface area contributed by atoms with Crippen molar-refractivity contribution in [3.05, 3.63) is 35.9 Å². The van der Waals surface area contributed by atoms with Gasteiger partial charge in [0, 0.05) is 5.56 Å². The molecule has 0 aliphatic rings. The molecule has 142 valence electrons. The molecule has 0 radical (unpaired) electrons. The van der Waals surface area contributed by atoms with Crippen molar-refractivity contribution in [2.24, 2.45) is 0 Å². The van der Waals surface area contributed by atoms with E-state index in [2.05, 4.69) is 9.72 Å². The van der Waals surface area contributed by atoms with Crippen LogP contribution in [0.2, 0.25) is 0 Å². The van der Waals surface area contributed by atoms with Gasteiger partial charge in [-0.2, -0.15) is 8.78 Å². The summed E-state index contributed by atoms with van der Waals surface area (Å²) in [6.07, 6.45) is -4.44. The molecule has 3 rings (SSSR count). The number of carboxylic acid groups (broad SMARTS) is 1. The highest BCUT2D eigenvalue weighted by molar-refractivity contribution is 7.21. The van der Waals surface area contributed by atoms with Crippen molar-refractivity contribution in [3.8, 4) is 27.8 Å². The quantitative estimate of drug-likeness (QED) is 0.669. The highest BCUT2D eigenvalue weighted by atomic mass is 32.1. The number of rotatable bonds is 6. The molecule has 0 bridgehead atoms. The predicted octanol–water partition coefficient (Wildman–Crippen LogP) is 4.35. The molecule has 6 nitrogen and oxygen atoms in total. The van der Waals surface area contributed by atoms with E-state index in [1.807, 2.05) is 25.1 Å². The largest absolute Gasteiger partial charge is 0.502 e. The maximum absolute atomic E-state index is 13.5. The van der Waals surface area contributed by atoms with Crippen molar-refractivity contribution in [3.63, 3.8) is 0 Å². The topological polar surface area (TPSA) is 77.9 Å². The molecule has 0 unspecified atom stereocenters. The second-order valence-electron chi connectivity index (χ2n) is 5.62. The summed E-state index contributed by atoms with van der Waals surface area (Å²) in [6, 6.07) is 8.72. The summed E-state index contributed by atoms with van der Waals surface area (Å²) in [7, 11) is 2.51. The number of carboxylic acids is 1. The Balaban J connectivity index is 2.11. The van der Waals surface area contributed by atoms with Gasteiger partial charge in [0.05, 0.1) is 24.4 Å². The van der Waals surface area contributed by atoms with E-state index in [9.17, 15) is 13.6 Å². The van der Waals surface area contributed by atoms with E-state index in [1.165, 1.54) is 37.7 Å². The van der Waals surface area contributed by atoms with Gasteiger partial charge in [0.25, 0.3) is 0 Å². The van der Waals surface area contributed by atoms with E-state index < -0.39 is 17.8 Å². The van der Waals surface area contributed by atoms with Gasteiger partial charge in [-0.15, -0.1) is 11.3 Å². The fourth-order valence-corrected chi connectivity index (χ4v) is 3.48. The summed E-state index contributed by atoms with van der Waals surface area (Å²) in [4.78, 5) is 15.2. The number of ether oxygens (including phenoxy) is 3. The number of aryl methyl sites for hydroxylation is 1. The monoisotopic (exact) mass is 395 g/mol. The van der Waals surface area contributed by atoms with E-state index in [-0.39, 0.29) is 11.5 Å². The number of nitrogens with zero attached hydrogens (tertiary/aromatic N) is 1. The Morgan fingerprint density at radius 2 is 1.78 bits per heavy atom. The molecule has 0 fully saturated rings. The Hall–Kier alpha value is -2.94. The Morgan fingerprint density at radius 1 is 1.15 bits per heavy atom. The molecule has 1 N–H and O–H groups in total. The van der Waals surface area contributed by atoms with Gasteiger partial charge in [-0.25, -0.2) is 9.78 Å². The summed E-state index contributed by atoms with van der Waals surface area (Å²) >= 11 is 1.42. The maximum atomic E-state index is 13.5. The highest BCUT2D eigenvalue weighted by Gasteiger charge is 2.44. The van der Waals surface area contributed by atoms with Crippen molar-refractivity contribution >= 4 is 27.5 Å². The fourth-order valence-electron chi connectivity index (χ4n) is 2.43. The van der Waals surface area contributed by atoms with Crippen LogP contribution < -0.4 is 14.2 Å². The van der Waals surface area contributed by atoms with Crippen LogP contribution in [0, 0.1) is 6.92 Å². The average Bonchev–Trinajstić information content (AvgIpc) is 3.04. The lowest BCUT2D eigenvalue weighted by Gasteiger charge is -2.18. The van der Waals surface area contributed by atoms with Crippen molar-refractivity contribution in [1.82, 2.24) is 4.98 Å². The Morgan fingerprint density at radius 3 is 2.33 bits per heavy atom. The van der Waals surface area contributed by atoms with Crippen LogP contribution in [-0.2, 0) is 4.79 Å². The number of aromatic nitrogens is 1. The predicted molar refractivity (Wildman–Crippen MR) is 96.1 cm³/mol. The van der Waals surface area contributed by atoms with Gasteiger partial charge in [-0.3, -0.25) is 0 Å². The first-order valence-electron chi connectivity index (χ1n) is 7.69. The third-order valence-corrected chi connectivity index (χ3v) is 4.80. The summed E-state index contributed by atoms with van der Waals surface area (Å²) in [5.41, 5.74) is 2.46. The number of methoxy groups -OCH3 is 2. The number of aliphatic carboxylic acids is 1. The van der Waals surface area contributed by atoms with Gasteiger partial charge in [-0.05, 0) is 36.8 Å². The molecule has 1 heterocycles. The summed E-state index contributed by atoms with van der Waals surface area (Å²) < 4.78 is 42.6. The van der Waals surface area contributed by atoms with E-state index in [4.69, 9.17) is 14.6 Å². The third kappa shape index (κ3) is 3.63. The number of halogens is 2. The van der Waals surface area contributed by atoms with Gasteiger partial charge in [0.2, 0.25) is 5.75 Å². The molecule has 3 aromatic rings. The van der Waals surface area contributed by atoms with E-state index in [1.54, 1.807) is 0 Å². The Labute approximate surface area is 156 Å². The van der Waals surface area contributed by atoms with Gasteiger partial charge < -0.3 is 19.3 Å². The molecular weight excluding hydrogens is 380 g/mol. The first-order valence-corrected chi connectivity index (χ1v) is 8.50. The number of alkyl halides is 2. The normalized spacial score (nSPS) is 11.4. The lowest BCUT2D eigenvalue weighted by Crippen LogP contribution is -2.35. The zero-order chi connectivity index (χ0) is 19.8. The van der Waals surface area contributed by atoms with Crippen LogP contribution >= 0.6 is 11.3 Å². The van der Waals surface area contributed by atoms with Crippen molar-refractivity contribution in [2.75, 3.05) is 14.2 Å². The standard InChI is InChI=1S/C18H15F2NO5S/c1-9-4-5-11-14(6-9)27-16(21-11)10-7-12(24-2)15(13(8-10)25-3)26-18(19,20)17(22)23/h4-8H,1-3H3,(H,22,23). The molecule has 0 atom stereocenters. The Kier molecular flexibility index (Phi) is 4.88. The minimum absolute atomic E-state index is 0.0966. The molecule has 0 aliphatic heterocycles. The first-order chi connectivity index (χ1) is 12.7. The van der Waals surface area contributed by atoms with E-state index in [0.717, 1.165) is 15.8 Å². The average molecular weight is 395 g/mol. The van der Waals surface area contributed by atoms with Crippen molar-refractivity contribution < 1.29 is 32.9 Å². The van der Waals surface area contributed by atoms with Crippen molar-refractivity contribution in [1.29, 1.82) is 0 Å². The minimum atomic E-state index is -4.44. The van der Waals surface area contributed by atoms with Crippen molar-refractivity contribution in [2.45, 2.75) is 13.0 Å². The molecule has 0 amide bonds. The van der Waals surface area contributed by atoms with Crippen LogP contribution in [0.15, 0.2) is 30.3 Å². The van der Waals surface area contributed by atoms with Crippen LogP contribution in [0.3, 0.4) is 0 Å². The van der Waals surface area contributed by atoms with E-state index in [0.29, 0.717) is 10.6 Å². The van der Waals surface area contributed by atoms with Gasteiger partial charge in [-0.1, -0.05) is 6.07 Å². The SMILES string of the molecule is COc1cc(-c2nc3ccc(C)cc3s2)cc(OC)c1OC(F)(F)C(=O)O. The zero-order valence-corrected chi connectivity index (χ0v) is 15.4. The van der Waals surface area contributed by atoms with E-state index >= 15 is 0 Å². The van der Waals surface area contributed by atoms with Gasteiger partial charge in [0.15, 0.2) is 11.5 Å². The van der Waals surface area contributed by atoms with Crippen LogP contribution in [0.4, 0.5) is 8.78 Å². The lowest BCUT2D eigenvalue weighted by molar-refractivity contribution is -0.211. The summed E-state index contributed by atoms with van der Waals surface area (Å²) in [5.74, 6) is -3.12. The summed E-state index contributed by atoms with van der Waals surface area (Å²) in [5, 5.41) is 9.23. The molecule has 0 spiro atoms. The summed E-state index contributed by atoms with van der Waals surface area (Å²) in [6.45, 7) is 1.97. The highest BCUT2D eigenvalue weighted by Crippen LogP contribution is 2.44. The second kappa shape index (κ2) is 6.99. The smallest absolute Gasteiger partial charge is 0.493 e. The van der Waals surface area contributed by atoms with Crippen LogP contribution in [0.5, 0.6) is 17.2 Å². The van der Waals surface area contributed by atoms with Crippen LogP contribution in [-0.4, -0.2) is 36.4 Å². The number of carbonyl (C=O) groups is 1. The molecule has 9 heteroatoms. The number of thiazole rings is 1. The molecule has 1 aromatic heterocycles. The Bertz CT molecular complexity index is 993. The number of benzene rings is 2. The molecular formula is C18H15F2NO5S. The lowest BCUT2D eigenvalue weighted by atomic mass is 10.2. The fraction of sp³-hybridized carbons (Fsp3) is 0.222. The zero-order valence-electron chi connectivity index (χ0n) is 14.6. The number of hydrogen-bond acceptors (Lipinski definition) is 6. The molecule has 0 saturated carbocycles. The number of hydrogen-bond donors (Lipinski definition) is 1. The van der Waals surface area contributed by atoms with Crippen LogP contribution in [0.1, 0.15) is 5.56 Å².